The van der Waals surface area contributed by atoms with E-state index < -0.39 is 11.2 Å². The fourth-order valence-electron chi connectivity index (χ4n) is 3.20. The van der Waals surface area contributed by atoms with Crippen molar-refractivity contribution in [3.63, 3.8) is 0 Å². The minimum Gasteiger partial charge on any atom is -0.337 e. The molecule has 0 saturated heterocycles. The fraction of sp³-hybridized carbons (Fsp3) is 0.100. The predicted octanol–water partition coefficient (Wildman–Crippen LogP) is 3.14. The molecule has 0 aliphatic carbocycles. The summed E-state index contributed by atoms with van der Waals surface area (Å²) in [6.07, 6.45) is 4.63. The van der Waals surface area contributed by atoms with Crippen LogP contribution in [0.3, 0.4) is 0 Å². The number of aromatic amines is 1. The molecule has 0 radical (unpaired) electrons. The largest absolute Gasteiger partial charge is 0.349 e. The normalized spacial score (nSPS) is 12.1. The molecule has 0 fully saturated rings. The lowest BCUT2D eigenvalue weighted by Crippen LogP contribution is -2.30. The van der Waals surface area contributed by atoms with Gasteiger partial charge in [-0.25, -0.2) is 9.78 Å². The van der Waals surface area contributed by atoms with Crippen molar-refractivity contribution in [2.45, 2.75) is 5.92 Å². The number of aryl methyl sites for hydroxylation is 1. The summed E-state index contributed by atoms with van der Waals surface area (Å²) < 4.78 is 3.01. The highest BCUT2D eigenvalue weighted by Gasteiger charge is 2.23. The number of benzene rings is 2. The van der Waals surface area contributed by atoms with Crippen LogP contribution in [0, 0.1) is 0 Å². The molecular formula is C20H15Cl2N5O2. The van der Waals surface area contributed by atoms with Crippen molar-refractivity contribution in [2.24, 2.45) is 7.05 Å². The lowest BCUT2D eigenvalue weighted by Gasteiger charge is -2.20. The molecule has 0 amide bonds. The van der Waals surface area contributed by atoms with Gasteiger partial charge in [-0.15, -0.1) is 0 Å². The van der Waals surface area contributed by atoms with E-state index in [1.807, 2.05) is 48.1 Å². The summed E-state index contributed by atoms with van der Waals surface area (Å²) in [7, 11) is 1.91. The fourth-order valence-corrected chi connectivity index (χ4v) is 3.61. The Labute approximate surface area is 175 Å². The van der Waals surface area contributed by atoms with Gasteiger partial charge < -0.3 is 4.57 Å². The smallest absolute Gasteiger partial charge is 0.337 e. The number of halogens is 2. The van der Waals surface area contributed by atoms with Gasteiger partial charge in [-0.3, -0.25) is 9.78 Å². The molecule has 0 spiro atoms. The highest BCUT2D eigenvalue weighted by molar-refractivity contribution is 6.31. The summed E-state index contributed by atoms with van der Waals surface area (Å²) in [5, 5.41) is 4.94. The maximum absolute atomic E-state index is 12.0. The van der Waals surface area contributed by atoms with Crippen LogP contribution in [0.15, 0.2) is 70.6 Å². The Morgan fingerprint density at radius 3 is 2.45 bits per heavy atom. The van der Waals surface area contributed by atoms with E-state index in [4.69, 9.17) is 23.2 Å². The number of imidazole rings is 1. The summed E-state index contributed by atoms with van der Waals surface area (Å²) >= 11 is 12.7. The van der Waals surface area contributed by atoms with Crippen molar-refractivity contribution in [2.75, 3.05) is 0 Å². The van der Waals surface area contributed by atoms with Gasteiger partial charge in [0.05, 0.1) is 11.6 Å². The van der Waals surface area contributed by atoms with E-state index in [0.29, 0.717) is 15.7 Å². The zero-order chi connectivity index (χ0) is 20.5. The molecule has 2 aromatic heterocycles. The number of hydrogen-bond donors (Lipinski definition) is 1. The molecule has 9 heteroatoms. The van der Waals surface area contributed by atoms with Crippen molar-refractivity contribution >= 4 is 23.2 Å². The molecular weight excluding hydrogens is 413 g/mol. The molecule has 1 unspecified atom stereocenters. The van der Waals surface area contributed by atoms with Crippen LogP contribution in [0.1, 0.15) is 22.9 Å². The van der Waals surface area contributed by atoms with Crippen molar-refractivity contribution < 1.29 is 0 Å². The zero-order valence-electron chi connectivity index (χ0n) is 15.2. The quantitative estimate of drug-likeness (QED) is 0.541. The summed E-state index contributed by atoms with van der Waals surface area (Å²) in [6.45, 7) is 0. The van der Waals surface area contributed by atoms with Crippen LogP contribution in [-0.2, 0) is 7.05 Å². The molecule has 4 aromatic rings. The second-order valence-electron chi connectivity index (χ2n) is 6.44. The number of H-pyrrole nitrogens is 1. The third-order valence-electron chi connectivity index (χ3n) is 4.57. The number of hydrogen-bond acceptors (Lipinski definition) is 4. The van der Waals surface area contributed by atoms with E-state index in [1.54, 1.807) is 18.3 Å². The minimum absolute atomic E-state index is 0.242. The number of aromatic nitrogens is 5. The average molecular weight is 428 g/mol. The van der Waals surface area contributed by atoms with Crippen molar-refractivity contribution in [3.05, 3.63) is 109 Å². The molecule has 2 heterocycles. The summed E-state index contributed by atoms with van der Waals surface area (Å²) in [6, 6.07) is 12.7. The third-order valence-corrected chi connectivity index (χ3v) is 5.15. The maximum atomic E-state index is 12.0. The van der Waals surface area contributed by atoms with Crippen LogP contribution in [0.25, 0.3) is 5.69 Å². The molecule has 2 aromatic carbocycles. The van der Waals surface area contributed by atoms with Crippen LogP contribution in [0.2, 0.25) is 10.0 Å². The highest BCUT2D eigenvalue weighted by Crippen LogP contribution is 2.36. The Bertz CT molecular complexity index is 1290. The first kappa shape index (κ1) is 19.2. The van der Waals surface area contributed by atoms with E-state index >= 15 is 0 Å². The first-order chi connectivity index (χ1) is 13.9. The second kappa shape index (κ2) is 7.69. The summed E-state index contributed by atoms with van der Waals surface area (Å²) in [4.78, 5) is 30.0. The molecule has 146 valence electrons. The maximum Gasteiger partial charge on any atom is 0.349 e. The van der Waals surface area contributed by atoms with Gasteiger partial charge >= 0.3 is 5.69 Å². The van der Waals surface area contributed by atoms with Gasteiger partial charge in [-0.2, -0.15) is 9.78 Å². The number of nitrogens with one attached hydrogen (secondary N) is 1. The monoisotopic (exact) mass is 427 g/mol. The zero-order valence-corrected chi connectivity index (χ0v) is 16.7. The van der Waals surface area contributed by atoms with Crippen LogP contribution < -0.4 is 11.2 Å². The molecule has 1 atom stereocenters. The molecule has 0 saturated carbocycles. The first-order valence-corrected chi connectivity index (χ1v) is 9.41. The highest BCUT2D eigenvalue weighted by atomic mass is 35.5. The van der Waals surface area contributed by atoms with Crippen LogP contribution in [-0.4, -0.2) is 24.3 Å². The molecule has 1 N–H and O–H groups in total. The van der Waals surface area contributed by atoms with Gasteiger partial charge in [0.1, 0.15) is 12.0 Å². The van der Waals surface area contributed by atoms with Gasteiger partial charge in [0, 0.05) is 29.5 Å². The molecule has 7 nitrogen and oxygen atoms in total. The standard InChI is InChI=1S/C20H15Cl2N5O2/c1-26-9-8-23-19(26)18(12-2-4-13(21)5-3-12)15-7-6-14(10-16(15)22)27-20(29)25-17(28)11-24-27/h2-11,18H,1H3,(H,25,28,29). The first-order valence-electron chi connectivity index (χ1n) is 8.65. The van der Waals surface area contributed by atoms with Crippen molar-refractivity contribution in [1.82, 2.24) is 24.3 Å². The summed E-state index contributed by atoms with van der Waals surface area (Å²) in [5.41, 5.74) is 1.02. The van der Waals surface area contributed by atoms with Gasteiger partial charge in [0.25, 0.3) is 5.56 Å². The van der Waals surface area contributed by atoms with E-state index in [1.165, 1.54) is 0 Å². The van der Waals surface area contributed by atoms with E-state index in [2.05, 4.69) is 15.1 Å². The van der Waals surface area contributed by atoms with Gasteiger partial charge in [-0.05, 0) is 35.4 Å². The van der Waals surface area contributed by atoms with Gasteiger partial charge in [0.2, 0.25) is 0 Å². The lowest BCUT2D eigenvalue weighted by atomic mass is 9.90. The Hall–Kier alpha value is -3.16. The molecule has 29 heavy (non-hydrogen) atoms. The van der Waals surface area contributed by atoms with E-state index in [-0.39, 0.29) is 5.92 Å². The number of rotatable bonds is 4. The third kappa shape index (κ3) is 3.74. The van der Waals surface area contributed by atoms with Crippen LogP contribution in [0.4, 0.5) is 0 Å². The second-order valence-corrected chi connectivity index (χ2v) is 7.28. The minimum atomic E-state index is -0.639. The Morgan fingerprint density at radius 2 is 1.83 bits per heavy atom. The van der Waals surface area contributed by atoms with E-state index in [9.17, 15) is 9.59 Å². The lowest BCUT2D eigenvalue weighted by molar-refractivity contribution is 0.745. The van der Waals surface area contributed by atoms with Crippen LogP contribution >= 0.6 is 23.2 Å². The van der Waals surface area contributed by atoms with Crippen molar-refractivity contribution in [1.29, 1.82) is 0 Å². The Morgan fingerprint density at radius 1 is 1.07 bits per heavy atom. The number of nitrogens with zero attached hydrogens (tertiary/aromatic N) is 4. The molecule has 0 aliphatic rings. The van der Waals surface area contributed by atoms with Gasteiger partial charge in [-0.1, -0.05) is 41.4 Å². The predicted molar refractivity (Wildman–Crippen MR) is 111 cm³/mol. The summed E-state index contributed by atoms with van der Waals surface area (Å²) in [5.74, 6) is 0.565. The Kier molecular flexibility index (Phi) is 5.08. The topological polar surface area (TPSA) is 85.6 Å². The van der Waals surface area contributed by atoms with Crippen molar-refractivity contribution in [3.8, 4) is 5.69 Å². The molecule has 4 rings (SSSR count). The molecule has 0 bridgehead atoms. The van der Waals surface area contributed by atoms with Crippen LogP contribution in [0.5, 0.6) is 0 Å². The molecule has 0 aliphatic heterocycles. The van der Waals surface area contributed by atoms with E-state index in [0.717, 1.165) is 27.8 Å². The van der Waals surface area contributed by atoms with Gasteiger partial charge in [0.15, 0.2) is 0 Å². The SMILES string of the molecule is Cn1ccnc1C(c1ccc(Cl)cc1)c1ccc(-n2ncc(=O)[nH]c2=O)cc1Cl. The Balaban J connectivity index is 1.85. The average Bonchev–Trinajstić information content (AvgIpc) is 3.10.